The van der Waals surface area contributed by atoms with E-state index in [4.69, 9.17) is 9.16 Å². The van der Waals surface area contributed by atoms with E-state index >= 15 is 0 Å². The lowest BCUT2D eigenvalue weighted by Crippen LogP contribution is -2.65. The van der Waals surface area contributed by atoms with Crippen molar-refractivity contribution in [1.29, 1.82) is 0 Å². The van der Waals surface area contributed by atoms with E-state index in [1.165, 1.54) is 0 Å². The van der Waals surface area contributed by atoms with Crippen LogP contribution in [0.3, 0.4) is 0 Å². The third kappa shape index (κ3) is 4.21. The number of ether oxygens (including phenoxy) is 1. The van der Waals surface area contributed by atoms with Gasteiger partial charge in [0.2, 0.25) is 5.91 Å². The molecule has 5 nitrogen and oxygen atoms in total. The number of β-lactam (4-membered cyclic amide) rings is 1. The standard InChI is InChI=1S/C21H36INO4Si/c1-12(2)11-26-20(25)18-15(10-22)13(3)17-16(19(24)23(17)18)14(4)27-28(8,9)21(5,6)7/h12-14,16-17H,10-11H2,1-9H3/t13-,14?,16+,17+/m0/s1. The summed E-state index contributed by atoms with van der Waals surface area (Å²) in [5.41, 5.74) is 1.50. The first-order chi connectivity index (χ1) is 12.7. The summed E-state index contributed by atoms with van der Waals surface area (Å²) in [6.45, 7) is 19.6. The Bertz CT molecular complexity index is 668. The molecule has 160 valence electrons. The van der Waals surface area contributed by atoms with Crippen LogP contribution in [-0.4, -0.2) is 48.3 Å². The lowest BCUT2D eigenvalue weighted by molar-refractivity contribution is -0.163. The average molecular weight is 522 g/mol. The molecule has 0 saturated carbocycles. The molecule has 4 atom stereocenters. The number of hydrogen-bond donors (Lipinski definition) is 0. The largest absolute Gasteiger partial charge is 0.461 e. The van der Waals surface area contributed by atoms with E-state index in [1.54, 1.807) is 4.90 Å². The molecular formula is C21H36INO4Si. The van der Waals surface area contributed by atoms with Gasteiger partial charge in [0, 0.05) is 10.3 Å². The maximum Gasteiger partial charge on any atom is 0.355 e. The number of amides is 1. The number of alkyl halides is 1. The molecule has 2 rings (SSSR count). The van der Waals surface area contributed by atoms with Crippen molar-refractivity contribution in [2.24, 2.45) is 17.8 Å². The first kappa shape index (κ1) is 23.9. The van der Waals surface area contributed by atoms with E-state index in [0.717, 1.165) is 10.0 Å². The normalized spacial score (nSPS) is 26.5. The van der Waals surface area contributed by atoms with E-state index in [-0.39, 0.29) is 46.8 Å². The maximum absolute atomic E-state index is 13.1. The molecule has 1 fully saturated rings. The van der Waals surface area contributed by atoms with Gasteiger partial charge in [0.05, 0.1) is 24.7 Å². The van der Waals surface area contributed by atoms with Crippen LogP contribution in [0, 0.1) is 17.8 Å². The van der Waals surface area contributed by atoms with Crippen molar-refractivity contribution in [3.8, 4) is 0 Å². The summed E-state index contributed by atoms with van der Waals surface area (Å²) in [4.78, 5) is 27.5. The molecule has 0 aliphatic carbocycles. The highest BCUT2D eigenvalue weighted by atomic mass is 127. The third-order valence-corrected chi connectivity index (χ3v) is 11.9. The molecule has 0 aromatic rings. The van der Waals surface area contributed by atoms with Gasteiger partial charge in [-0.05, 0) is 36.5 Å². The van der Waals surface area contributed by atoms with E-state index in [9.17, 15) is 9.59 Å². The van der Waals surface area contributed by atoms with Crippen LogP contribution in [0.2, 0.25) is 18.1 Å². The lowest BCUT2D eigenvalue weighted by Gasteiger charge is -2.50. The molecule has 1 saturated heterocycles. The topological polar surface area (TPSA) is 55.8 Å². The summed E-state index contributed by atoms with van der Waals surface area (Å²) in [5, 5.41) is 0.0897. The Hall–Kier alpha value is -0.413. The minimum absolute atomic E-state index is 0.000550. The first-order valence-corrected chi connectivity index (χ1v) is 14.6. The van der Waals surface area contributed by atoms with Crippen LogP contribution in [0.15, 0.2) is 11.3 Å². The molecule has 1 amide bonds. The number of nitrogens with zero attached hydrogens (tertiary/aromatic N) is 1. The SMILES string of the molecule is CC(C)COC(=O)C1=C(CI)[C@H](C)[C@@H]2[C@@H](C(C)O[Si](C)(C)C(C)(C)C)C(=O)N12. The van der Waals surface area contributed by atoms with Crippen molar-refractivity contribution in [2.75, 3.05) is 11.0 Å². The van der Waals surface area contributed by atoms with Gasteiger partial charge in [0.25, 0.3) is 0 Å². The Morgan fingerprint density at radius 2 is 1.82 bits per heavy atom. The smallest absolute Gasteiger partial charge is 0.355 e. The predicted octanol–water partition coefficient (Wildman–Crippen LogP) is 4.76. The molecule has 0 aromatic heterocycles. The molecule has 7 heteroatoms. The highest BCUT2D eigenvalue weighted by Crippen LogP contribution is 2.49. The zero-order valence-electron chi connectivity index (χ0n) is 18.8. The van der Waals surface area contributed by atoms with E-state index in [2.05, 4.69) is 63.4 Å². The van der Waals surface area contributed by atoms with E-state index in [0.29, 0.717) is 12.3 Å². The van der Waals surface area contributed by atoms with Crippen LogP contribution in [-0.2, 0) is 18.8 Å². The number of halogens is 1. The molecule has 0 spiro atoms. The minimum atomic E-state index is -1.98. The van der Waals surface area contributed by atoms with Crippen LogP contribution in [0.25, 0.3) is 0 Å². The van der Waals surface area contributed by atoms with Crippen molar-refractivity contribution < 1.29 is 18.8 Å². The van der Waals surface area contributed by atoms with E-state index in [1.807, 2.05) is 20.8 Å². The van der Waals surface area contributed by atoms with Crippen molar-refractivity contribution in [3.05, 3.63) is 11.3 Å². The number of rotatable bonds is 7. The highest BCUT2D eigenvalue weighted by molar-refractivity contribution is 14.1. The van der Waals surface area contributed by atoms with Crippen molar-refractivity contribution >= 4 is 42.8 Å². The molecule has 0 N–H and O–H groups in total. The maximum atomic E-state index is 13.1. The fraction of sp³-hybridized carbons (Fsp3) is 0.810. The summed E-state index contributed by atoms with van der Waals surface area (Å²) < 4.78 is 12.7. The second-order valence-electron chi connectivity index (χ2n) is 10.1. The van der Waals surface area contributed by atoms with Crippen LogP contribution >= 0.6 is 22.6 Å². The van der Waals surface area contributed by atoms with Gasteiger partial charge in [-0.3, -0.25) is 4.79 Å². The van der Waals surface area contributed by atoms with Gasteiger partial charge >= 0.3 is 5.97 Å². The number of carbonyl (C=O) groups is 2. The van der Waals surface area contributed by atoms with Crippen molar-refractivity contribution in [2.45, 2.75) is 78.7 Å². The molecule has 0 aromatic carbocycles. The van der Waals surface area contributed by atoms with Crippen LogP contribution in [0.4, 0.5) is 0 Å². The second kappa shape index (κ2) is 8.38. The third-order valence-electron chi connectivity index (χ3n) is 6.47. The molecule has 0 radical (unpaired) electrons. The first-order valence-electron chi connectivity index (χ1n) is 10.2. The van der Waals surface area contributed by atoms with Crippen LogP contribution < -0.4 is 0 Å². The fourth-order valence-electron chi connectivity index (χ4n) is 3.82. The van der Waals surface area contributed by atoms with Gasteiger partial charge in [0.1, 0.15) is 5.70 Å². The van der Waals surface area contributed by atoms with Gasteiger partial charge in [-0.25, -0.2) is 4.79 Å². The summed E-state index contributed by atoms with van der Waals surface area (Å²) in [6, 6.07) is -0.00126. The molecule has 2 aliphatic rings. The van der Waals surface area contributed by atoms with Gasteiger partial charge in [-0.2, -0.15) is 0 Å². The Labute approximate surface area is 184 Å². The highest BCUT2D eigenvalue weighted by Gasteiger charge is 2.60. The predicted molar refractivity (Wildman–Crippen MR) is 123 cm³/mol. The quantitative estimate of drug-likeness (QED) is 0.159. The Kier molecular flexibility index (Phi) is 7.14. The average Bonchev–Trinajstić information content (AvgIpc) is 2.79. The minimum Gasteiger partial charge on any atom is -0.461 e. The zero-order chi connectivity index (χ0) is 21.6. The van der Waals surface area contributed by atoms with Crippen molar-refractivity contribution in [3.63, 3.8) is 0 Å². The van der Waals surface area contributed by atoms with Gasteiger partial charge in [-0.1, -0.05) is 64.1 Å². The summed E-state index contributed by atoms with van der Waals surface area (Å²) in [6.07, 6.45) is -0.154. The van der Waals surface area contributed by atoms with Gasteiger partial charge < -0.3 is 14.1 Å². The molecule has 2 aliphatic heterocycles. The number of hydrogen-bond acceptors (Lipinski definition) is 4. The Morgan fingerprint density at radius 3 is 2.29 bits per heavy atom. The summed E-state index contributed by atoms with van der Waals surface area (Å²) in [7, 11) is -1.98. The summed E-state index contributed by atoms with van der Waals surface area (Å²) in [5.74, 6) is -0.150. The second-order valence-corrected chi connectivity index (χ2v) is 15.6. The van der Waals surface area contributed by atoms with Gasteiger partial charge in [0.15, 0.2) is 8.32 Å². The number of fused-ring (bicyclic) bond motifs is 1. The monoisotopic (exact) mass is 521 g/mol. The Morgan fingerprint density at radius 1 is 1.25 bits per heavy atom. The zero-order valence-corrected chi connectivity index (χ0v) is 21.9. The summed E-state index contributed by atoms with van der Waals surface area (Å²) >= 11 is 2.28. The molecule has 1 unspecified atom stereocenters. The van der Waals surface area contributed by atoms with Gasteiger partial charge in [-0.15, -0.1) is 0 Å². The van der Waals surface area contributed by atoms with Crippen LogP contribution in [0.1, 0.15) is 48.5 Å². The fourth-order valence-corrected chi connectivity index (χ4v) is 6.31. The van der Waals surface area contributed by atoms with Crippen molar-refractivity contribution in [1.82, 2.24) is 4.90 Å². The molecular weight excluding hydrogens is 485 g/mol. The lowest BCUT2D eigenvalue weighted by atomic mass is 9.78. The number of carbonyl (C=O) groups excluding carboxylic acids is 2. The van der Waals surface area contributed by atoms with Crippen LogP contribution in [0.5, 0.6) is 0 Å². The molecule has 28 heavy (non-hydrogen) atoms. The molecule has 2 heterocycles. The van der Waals surface area contributed by atoms with E-state index < -0.39 is 8.32 Å². The number of esters is 1. The molecule has 0 bridgehead atoms. The Balaban J connectivity index is 2.21.